The number of nitrogens with zero attached hydrogens (tertiary/aromatic N) is 1. The molecule has 4 aromatic carbocycles. The molecule has 0 atom stereocenters. The number of ether oxygens (including phenoxy) is 2. The van der Waals surface area contributed by atoms with Crippen LogP contribution in [0.5, 0.6) is 11.5 Å². The average Bonchev–Trinajstić information content (AvgIpc) is 3.15. The zero-order valence-corrected chi connectivity index (χ0v) is 22.0. The van der Waals surface area contributed by atoms with Crippen molar-refractivity contribution < 1.29 is 14.3 Å². The molecule has 0 unspecified atom stereocenters. The van der Waals surface area contributed by atoms with E-state index < -0.39 is 0 Å². The third kappa shape index (κ3) is 4.85. The smallest absolute Gasteiger partial charge is 0.270 e. The van der Waals surface area contributed by atoms with Crippen molar-refractivity contribution in [2.24, 2.45) is 0 Å². The molecule has 174 valence electrons. The van der Waals surface area contributed by atoms with Gasteiger partial charge in [0, 0.05) is 5.39 Å². The predicted molar refractivity (Wildman–Crippen MR) is 151 cm³/mol. The monoisotopic (exact) mass is 561 g/mol. The van der Waals surface area contributed by atoms with Crippen molar-refractivity contribution in [2.45, 2.75) is 6.61 Å². The van der Waals surface area contributed by atoms with Gasteiger partial charge in [-0.05, 0) is 56.7 Å². The van der Waals surface area contributed by atoms with Gasteiger partial charge in [0.2, 0.25) is 0 Å². The molecule has 1 amide bonds. The molecule has 5 rings (SSSR count). The van der Waals surface area contributed by atoms with E-state index in [0.717, 1.165) is 32.1 Å². The van der Waals surface area contributed by atoms with Crippen LogP contribution in [0.15, 0.2) is 94.3 Å². The maximum absolute atomic E-state index is 13.4. The third-order valence-electron chi connectivity index (χ3n) is 5.58. The van der Waals surface area contributed by atoms with E-state index >= 15 is 0 Å². The second kappa shape index (κ2) is 10.2. The van der Waals surface area contributed by atoms with Crippen LogP contribution in [0.25, 0.3) is 16.8 Å². The summed E-state index contributed by atoms with van der Waals surface area (Å²) in [5, 5.41) is 2.04. The van der Waals surface area contributed by atoms with Gasteiger partial charge in [0.25, 0.3) is 5.91 Å². The topological polar surface area (TPSA) is 38.8 Å². The molecule has 4 aromatic rings. The first-order chi connectivity index (χ1) is 17.0. The van der Waals surface area contributed by atoms with Crippen LogP contribution in [-0.2, 0) is 11.4 Å². The van der Waals surface area contributed by atoms with Crippen LogP contribution in [0.4, 0.5) is 5.69 Å². The number of hydrogen-bond acceptors (Lipinski definition) is 5. The molecule has 0 saturated carbocycles. The van der Waals surface area contributed by atoms with Crippen LogP contribution < -0.4 is 14.4 Å². The molecular formula is C28H20BrNO3S2. The molecule has 0 spiro atoms. The van der Waals surface area contributed by atoms with Crippen molar-refractivity contribution in [3.05, 3.63) is 105 Å². The van der Waals surface area contributed by atoms with Gasteiger partial charge < -0.3 is 9.47 Å². The van der Waals surface area contributed by atoms with E-state index in [2.05, 4.69) is 15.9 Å². The Bertz CT molecular complexity index is 1460. The summed E-state index contributed by atoms with van der Waals surface area (Å²) in [6.07, 6.45) is 1.83. The van der Waals surface area contributed by atoms with E-state index in [9.17, 15) is 4.79 Å². The number of amides is 1. The fourth-order valence-electron chi connectivity index (χ4n) is 3.92. The van der Waals surface area contributed by atoms with Crippen LogP contribution in [0, 0.1) is 0 Å². The minimum Gasteiger partial charge on any atom is -0.493 e. The number of thioether (sulfide) groups is 1. The van der Waals surface area contributed by atoms with Crippen molar-refractivity contribution >= 4 is 72.7 Å². The molecule has 1 heterocycles. The van der Waals surface area contributed by atoms with Crippen LogP contribution in [0.2, 0.25) is 0 Å². The molecule has 35 heavy (non-hydrogen) atoms. The van der Waals surface area contributed by atoms with E-state index in [1.165, 1.54) is 11.8 Å². The lowest BCUT2D eigenvalue weighted by Gasteiger charge is -2.17. The second-order valence-corrected chi connectivity index (χ2v) is 10.4. The Morgan fingerprint density at radius 1 is 1.00 bits per heavy atom. The Labute approximate surface area is 221 Å². The molecule has 1 saturated heterocycles. The zero-order chi connectivity index (χ0) is 24.4. The van der Waals surface area contributed by atoms with Gasteiger partial charge in [-0.15, -0.1) is 0 Å². The number of carbonyl (C=O) groups excluding carboxylic acids is 1. The van der Waals surface area contributed by atoms with Gasteiger partial charge >= 0.3 is 0 Å². The van der Waals surface area contributed by atoms with Crippen molar-refractivity contribution in [2.75, 3.05) is 12.0 Å². The molecule has 0 radical (unpaired) electrons. The molecule has 0 aliphatic carbocycles. The van der Waals surface area contributed by atoms with Crippen LogP contribution >= 0.6 is 39.9 Å². The van der Waals surface area contributed by atoms with Gasteiger partial charge in [0.1, 0.15) is 6.61 Å². The first kappa shape index (κ1) is 23.6. The number of carbonyl (C=O) groups is 1. The number of methoxy groups -OCH3 is 1. The highest BCUT2D eigenvalue weighted by Crippen LogP contribution is 2.41. The molecule has 0 N–H and O–H groups in total. The second-order valence-electron chi connectivity index (χ2n) is 7.82. The molecule has 1 fully saturated rings. The fourth-order valence-corrected chi connectivity index (χ4v) is 5.78. The van der Waals surface area contributed by atoms with E-state index in [-0.39, 0.29) is 5.91 Å². The van der Waals surface area contributed by atoms with Crippen LogP contribution in [0.1, 0.15) is 11.1 Å². The highest BCUT2D eigenvalue weighted by Gasteiger charge is 2.34. The molecule has 7 heteroatoms. The molecular weight excluding hydrogens is 542 g/mol. The largest absolute Gasteiger partial charge is 0.493 e. The van der Waals surface area contributed by atoms with E-state index in [4.69, 9.17) is 21.7 Å². The van der Waals surface area contributed by atoms with E-state index in [1.54, 1.807) is 12.0 Å². The highest BCUT2D eigenvalue weighted by molar-refractivity contribution is 9.10. The third-order valence-corrected chi connectivity index (χ3v) is 7.47. The summed E-state index contributed by atoms with van der Waals surface area (Å²) in [5.74, 6) is 1.04. The maximum atomic E-state index is 13.4. The zero-order valence-electron chi connectivity index (χ0n) is 18.7. The molecule has 1 aliphatic heterocycles. The number of benzene rings is 4. The summed E-state index contributed by atoms with van der Waals surface area (Å²) in [7, 11) is 1.60. The normalized spacial score (nSPS) is 14.7. The van der Waals surface area contributed by atoms with Gasteiger partial charge in [-0.1, -0.05) is 90.7 Å². The number of rotatable bonds is 6. The Kier molecular flexibility index (Phi) is 6.90. The summed E-state index contributed by atoms with van der Waals surface area (Å²) >= 11 is 10.5. The number of thiocarbonyl (C=S) groups is 1. The van der Waals surface area contributed by atoms with Crippen molar-refractivity contribution in [1.29, 1.82) is 0 Å². The first-order valence-electron chi connectivity index (χ1n) is 10.8. The van der Waals surface area contributed by atoms with E-state index in [1.807, 2.05) is 91.0 Å². The van der Waals surface area contributed by atoms with Gasteiger partial charge in [0.15, 0.2) is 15.8 Å². The van der Waals surface area contributed by atoms with Crippen molar-refractivity contribution in [3.8, 4) is 11.5 Å². The van der Waals surface area contributed by atoms with Gasteiger partial charge in [-0.3, -0.25) is 9.69 Å². The summed E-state index contributed by atoms with van der Waals surface area (Å²) in [6, 6.07) is 27.6. The van der Waals surface area contributed by atoms with Crippen molar-refractivity contribution in [3.63, 3.8) is 0 Å². The number of fused-ring (bicyclic) bond motifs is 1. The maximum Gasteiger partial charge on any atom is 0.270 e. The van der Waals surface area contributed by atoms with Gasteiger partial charge in [-0.25, -0.2) is 0 Å². The van der Waals surface area contributed by atoms with Crippen LogP contribution in [-0.4, -0.2) is 17.3 Å². The first-order valence-corrected chi connectivity index (χ1v) is 12.9. The lowest BCUT2D eigenvalue weighted by atomic mass is 10.1. The standard InChI is InChI=1S/C28H20BrNO3S2/c1-32-24-15-19(14-22(29)26(24)33-17-18-8-3-2-4-9-18)16-25-27(31)30(28(34)35-25)23-13-7-11-20-10-5-6-12-21(20)23/h2-16H,17H2,1H3/b25-16-. The Morgan fingerprint density at radius 2 is 1.74 bits per heavy atom. The lowest BCUT2D eigenvalue weighted by Crippen LogP contribution is -2.27. The number of anilines is 1. The average molecular weight is 563 g/mol. The molecule has 0 aromatic heterocycles. The van der Waals surface area contributed by atoms with Gasteiger partial charge in [0.05, 0.1) is 22.2 Å². The Morgan fingerprint density at radius 3 is 2.54 bits per heavy atom. The summed E-state index contributed by atoms with van der Waals surface area (Å²) in [4.78, 5) is 15.6. The number of halogens is 1. The van der Waals surface area contributed by atoms with E-state index in [0.29, 0.717) is 27.3 Å². The molecule has 0 bridgehead atoms. The molecule has 1 aliphatic rings. The molecule has 4 nitrogen and oxygen atoms in total. The van der Waals surface area contributed by atoms with Gasteiger partial charge in [-0.2, -0.15) is 0 Å². The quantitative estimate of drug-likeness (QED) is 0.179. The fraction of sp³-hybridized carbons (Fsp3) is 0.0714. The highest BCUT2D eigenvalue weighted by atomic mass is 79.9. The van der Waals surface area contributed by atoms with Crippen molar-refractivity contribution in [1.82, 2.24) is 0 Å². The summed E-state index contributed by atoms with van der Waals surface area (Å²) in [6.45, 7) is 0.416. The van der Waals surface area contributed by atoms with Crippen LogP contribution in [0.3, 0.4) is 0 Å². The Balaban J connectivity index is 1.44. The number of hydrogen-bond donors (Lipinski definition) is 0. The summed E-state index contributed by atoms with van der Waals surface area (Å²) in [5.41, 5.74) is 2.65. The minimum absolute atomic E-state index is 0.143. The SMILES string of the molecule is COc1cc(/C=C2\SC(=S)N(c3cccc4ccccc34)C2=O)cc(Br)c1OCc1ccccc1. The minimum atomic E-state index is -0.143. The Hall–Kier alpha value is -3.13. The predicted octanol–water partition coefficient (Wildman–Crippen LogP) is 7.60. The lowest BCUT2D eigenvalue weighted by molar-refractivity contribution is -0.113. The summed E-state index contributed by atoms with van der Waals surface area (Å²) < 4.78 is 12.9.